The van der Waals surface area contributed by atoms with Crippen LogP contribution in [0, 0.1) is 11.8 Å². The predicted molar refractivity (Wildman–Crippen MR) is 71.6 cm³/mol. The van der Waals surface area contributed by atoms with Crippen molar-refractivity contribution in [3.8, 4) is 0 Å². The van der Waals surface area contributed by atoms with E-state index < -0.39 is 11.5 Å². The smallest absolute Gasteiger partial charge is 0.326 e. The lowest BCUT2D eigenvalue weighted by Crippen LogP contribution is -2.53. The topological polar surface area (TPSA) is 58.6 Å². The highest BCUT2D eigenvalue weighted by Crippen LogP contribution is 2.30. The Labute approximate surface area is 110 Å². The molecule has 1 rings (SSSR count). The average Bonchev–Trinajstić information content (AvgIpc) is 2.25. The second-order valence-corrected chi connectivity index (χ2v) is 6.02. The molecular weight excluding hydrogens is 230 g/mol. The number of carboxylic acid groups (broad SMARTS) is 1. The minimum Gasteiger partial charge on any atom is -0.480 e. The van der Waals surface area contributed by atoms with Crippen molar-refractivity contribution in [1.29, 1.82) is 0 Å². The normalized spacial score (nSPS) is 31.9. The van der Waals surface area contributed by atoms with Crippen molar-refractivity contribution in [1.82, 2.24) is 5.32 Å². The van der Waals surface area contributed by atoms with Gasteiger partial charge in [0.05, 0.1) is 12.7 Å². The van der Waals surface area contributed by atoms with E-state index >= 15 is 0 Å². The Bertz CT molecular complexity index is 272. The minimum absolute atomic E-state index is 0.209. The van der Waals surface area contributed by atoms with E-state index in [1.54, 1.807) is 6.92 Å². The van der Waals surface area contributed by atoms with Gasteiger partial charge in [0.25, 0.3) is 0 Å². The second kappa shape index (κ2) is 6.53. The summed E-state index contributed by atoms with van der Waals surface area (Å²) in [5, 5.41) is 12.3. The molecule has 1 saturated carbocycles. The van der Waals surface area contributed by atoms with Crippen molar-refractivity contribution in [3.63, 3.8) is 0 Å². The molecule has 0 bridgehead atoms. The number of hydrogen-bond acceptors (Lipinski definition) is 3. The van der Waals surface area contributed by atoms with E-state index in [-0.39, 0.29) is 12.7 Å². The molecule has 0 amide bonds. The lowest BCUT2D eigenvalue weighted by molar-refractivity contribution is -0.148. The van der Waals surface area contributed by atoms with E-state index in [1.165, 1.54) is 6.42 Å². The van der Waals surface area contributed by atoms with E-state index in [4.69, 9.17) is 4.74 Å². The highest BCUT2D eigenvalue weighted by molar-refractivity contribution is 5.78. The molecule has 0 spiro atoms. The van der Waals surface area contributed by atoms with Crippen LogP contribution in [0.3, 0.4) is 0 Å². The molecule has 2 N–H and O–H groups in total. The van der Waals surface area contributed by atoms with Gasteiger partial charge in [0.15, 0.2) is 0 Å². The van der Waals surface area contributed by atoms with E-state index in [2.05, 4.69) is 19.2 Å². The maximum Gasteiger partial charge on any atom is 0.326 e. The van der Waals surface area contributed by atoms with Crippen LogP contribution in [0.25, 0.3) is 0 Å². The standard InChI is InChI=1S/C14H27NO3/c1-5-15-14(4,13(16)17)9-18-12-7-10(2)6-11(3)8-12/h10-12,15H,5-9H2,1-4H3,(H,16,17). The zero-order valence-corrected chi connectivity index (χ0v) is 12.0. The van der Waals surface area contributed by atoms with Crippen molar-refractivity contribution in [2.45, 2.75) is 58.6 Å². The maximum atomic E-state index is 11.3. The highest BCUT2D eigenvalue weighted by Gasteiger charge is 2.34. The molecule has 0 aromatic rings. The molecule has 0 aromatic heterocycles. The molecule has 4 heteroatoms. The van der Waals surface area contributed by atoms with Gasteiger partial charge in [0.1, 0.15) is 5.54 Å². The van der Waals surface area contributed by atoms with Crippen LogP contribution in [0.15, 0.2) is 0 Å². The van der Waals surface area contributed by atoms with Gasteiger partial charge in [0.2, 0.25) is 0 Å². The number of rotatable bonds is 6. The maximum absolute atomic E-state index is 11.3. The van der Waals surface area contributed by atoms with Gasteiger partial charge in [-0.1, -0.05) is 20.8 Å². The molecule has 0 aliphatic heterocycles. The van der Waals surface area contributed by atoms with Crippen LogP contribution in [-0.2, 0) is 9.53 Å². The second-order valence-electron chi connectivity index (χ2n) is 6.02. The summed E-state index contributed by atoms with van der Waals surface area (Å²) in [5.74, 6) is 0.504. The third-order valence-electron chi connectivity index (χ3n) is 3.78. The Hall–Kier alpha value is -0.610. The lowest BCUT2D eigenvalue weighted by atomic mass is 9.81. The number of likely N-dealkylation sites (N-methyl/N-ethyl adjacent to an activating group) is 1. The molecule has 4 nitrogen and oxygen atoms in total. The average molecular weight is 257 g/mol. The number of nitrogens with one attached hydrogen (secondary N) is 1. The quantitative estimate of drug-likeness (QED) is 0.766. The fourth-order valence-corrected chi connectivity index (χ4v) is 2.87. The van der Waals surface area contributed by atoms with Gasteiger partial charge in [-0.05, 0) is 44.6 Å². The third-order valence-corrected chi connectivity index (χ3v) is 3.78. The van der Waals surface area contributed by atoms with Gasteiger partial charge in [-0.3, -0.25) is 4.79 Å². The summed E-state index contributed by atoms with van der Waals surface area (Å²) in [6, 6.07) is 0. The van der Waals surface area contributed by atoms with Crippen molar-refractivity contribution in [2.75, 3.05) is 13.2 Å². The number of hydrogen-bond donors (Lipinski definition) is 2. The van der Waals surface area contributed by atoms with Gasteiger partial charge < -0.3 is 15.2 Å². The van der Waals surface area contributed by atoms with E-state index in [0.717, 1.165) is 12.8 Å². The molecule has 1 aliphatic rings. The van der Waals surface area contributed by atoms with Crippen LogP contribution in [0.4, 0.5) is 0 Å². The van der Waals surface area contributed by atoms with Crippen LogP contribution >= 0.6 is 0 Å². The lowest BCUT2D eigenvalue weighted by Gasteiger charge is -2.34. The van der Waals surface area contributed by atoms with Gasteiger partial charge >= 0.3 is 5.97 Å². The number of carboxylic acids is 1. The SMILES string of the molecule is CCNC(C)(COC1CC(C)CC(C)C1)C(=O)O. The molecule has 18 heavy (non-hydrogen) atoms. The van der Waals surface area contributed by atoms with Crippen LogP contribution in [0.5, 0.6) is 0 Å². The summed E-state index contributed by atoms with van der Waals surface area (Å²) in [6.07, 6.45) is 3.56. The number of ether oxygens (including phenoxy) is 1. The molecule has 3 atom stereocenters. The van der Waals surface area contributed by atoms with Gasteiger partial charge in [0, 0.05) is 0 Å². The van der Waals surface area contributed by atoms with Crippen LogP contribution in [0.2, 0.25) is 0 Å². The van der Waals surface area contributed by atoms with Crippen molar-refractivity contribution in [3.05, 3.63) is 0 Å². The monoisotopic (exact) mass is 257 g/mol. The number of aliphatic carboxylic acids is 1. The third kappa shape index (κ3) is 4.25. The van der Waals surface area contributed by atoms with Crippen molar-refractivity contribution >= 4 is 5.97 Å². The van der Waals surface area contributed by atoms with Crippen molar-refractivity contribution in [2.24, 2.45) is 11.8 Å². The summed E-state index contributed by atoms with van der Waals surface area (Å²) in [7, 11) is 0. The van der Waals surface area contributed by atoms with E-state index in [9.17, 15) is 9.90 Å². The Morgan fingerprint density at radius 1 is 1.33 bits per heavy atom. The zero-order chi connectivity index (χ0) is 13.8. The minimum atomic E-state index is -0.974. The molecular formula is C14H27NO3. The van der Waals surface area contributed by atoms with Gasteiger partial charge in [-0.2, -0.15) is 0 Å². The van der Waals surface area contributed by atoms with E-state index in [0.29, 0.717) is 18.4 Å². The first-order valence-electron chi connectivity index (χ1n) is 6.97. The summed E-state index contributed by atoms with van der Waals surface area (Å²) in [5.41, 5.74) is -0.974. The molecule has 3 unspecified atom stereocenters. The molecule has 1 aliphatic carbocycles. The zero-order valence-electron chi connectivity index (χ0n) is 12.0. The summed E-state index contributed by atoms with van der Waals surface area (Å²) in [4.78, 5) is 11.3. The first kappa shape index (κ1) is 15.4. The molecule has 0 saturated heterocycles. The van der Waals surface area contributed by atoms with Gasteiger partial charge in [-0.15, -0.1) is 0 Å². The molecule has 0 heterocycles. The number of carbonyl (C=O) groups is 1. The summed E-state index contributed by atoms with van der Waals surface area (Å²) < 4.78 is 5.86. The Morgan fingerprint density at radius 2 is 1.89 bits per heavy atom. The van der Waals surface area contributed by atoms with Crippen LogP contribution in [-0.4, -0.2) is 35.9 Å². The summed E-state index contributed by atoms with van der Waals surface area (Å²) >= 11 is 0. The largest absolute Gasteiger partial charge is 0.480 e. The van der Waals surface area contributed by atoms with Gasteiger partial charge in [-0.25, -0.2) is 0 Å². The van der Waals surface area contributed by atoms with Crippen molar-refractivity contribution < 1.29 is 14.6 Å². The fourth-order valence-electron chi connectivity index (χ4n) is 2.87. The van der Waals surface area contributed by atoms with Crippen LogP contribution < -0.4 is 5.32 Å². The van der Waals surface area contributed by atoms with Crippen LogP contribution in [0.1, 0.15) is 47.0 Å². The molecule has 106 valence electrons. The molecule has 0 radical (unpaired) electrons. The highest BCUT2D eigenvalue weighted by atomic mass is 16.5. The Balaban J connectivity index is 2.49. The fraction of sp³-hybridized carbons (Fsp3) is 0.929. The summed E-state index contributed by atoms with van der Waals surface area (Å²) in [6.45, 7) is 8.95. The Kier molecular flexibility index (Phi) is 5.60. The first-order chi connectivity index (χ1) is 8.37. The predicted octanol–water partition coefficient (Wildman–Crippen LogP) is 2.28. The molecule has 1 fully saturated rings. The van der Waals surface area contributed by atoms with E-state index in [1.807, 2.05) is 6.92 Å². The first-order valence-corrected chi connectivity index (χ1v) is 6.97. The Morgan fingerprint density at radius 3 is 2.33 bits per heavy atom. The molecule has 0 aromatic carbocycles.